The van der Waals surface area contributed by atoms with E-state index in [1.54, 1.807) is 24.3 Å². The first-order valence-corrected chi connectivity index (χ1v) is 7.50. The molecule has 24 heavy (non-hydrogen) atoms. The highest BCUT2D eigenvalue weighted by atomic mass is 19.1. The van der Waals surface area contributed by atoms with Gasteiger partial charge in [-0.3, -0.25) is 4.79 Å². The number of fused-ring (bicyclic) bond motifs is 1. The van der Waals surface area contributed by atoms with Crippen LogP contribution in [0.25, 0.3) is 11.3 Å². The summed E-state index contributed by atoms with van der Waals surface area (Å²) < 4.78 is 29.7. The molecule has 0 aliphatic carbocycles. The van der Waals surface area contributed by atoms with Crippen molar-refractivity contribution < 1.29 is 23.1 Å². The predicted molar refractivity (Wildman–Crippen MR) is 85.0 cm³/mol. The fourth-order valence-electron chi connectivity index (χ4n) is 2.67. The van der Waals surface area contributed by atoms with Crippen LogP contribution in [0.4, 0.5) is 4.39 Å². The van der Waals surface area contributed by atoms with E-state index < -0.39 is 0 Å². The lowest BCUT2D eigenvalue weighted by Gasteiger charge is -2.20. The van der Waals surface area contributed by atoms with Crippen LogP contribution in [0.1, 0.15) is 15.9 Å². The Morgan fingerprint density at radius 3 is 2.33 bits per heavy atom. The van der Waals surface area contributed by atoms with Crippen LogP contribution in [0.5, 0.6) is 11.5 Å². The SMILES string of the molecule is O=C(c1ccc(F)cc1)c1cc2c(cc1-c1ccco1)OCCO2. The summed E-state index contributed by atoms with van der Waals surface area (Å²) in [4.78, 5) is 12.9. The lowest BCUT2D eigenvalue weighted by Crippen LogP contribution is -2.16. The monoisotopic (exact) mass is 324 g/mol. The van der Waals surface area contributed by atoms with Crippen molar-refractivity contribution in [3.05, 3.63) is 71.7 Å². The van der Waals surface area contributed by atoms with Gasteiger partial charge in [0.2, 0.25) is 0 Å². The fourth-order valence-corrected chi connectivity index (χ4v) is 2.67. The van der Waals surface area contributed by atoms with Crippen LogP contribution in [0.15, 0.2) is 59.2 Å². The number of hydrogen-bond donors (Lipinski definition) is 0. The first kappa shape index (κ1) is 14.5. The second-order valence-electron chi connectivity index (χ2n) is 5.35. The Hall–Kier alpha value is -3.08. The summed E-state index contributed by atoms with van der Waals surface area (Å²) in [6.07, 6.45) is 1.54. The lowest BCUT2D eigenvalue weighted by atomic mass is 9.96. The van der Waals surface area contributed by atoms with Crippen LogP contribution in [-0.4, -0.2) is 19.0 Å². The molecule has 3 aromatic rings. The molecule has 0 saturated heterocycles. The van der Waals surface area contributed by atoms with Crippen molar-refractivity contribution in [1.82, 2.24) is 0 Å². The van der Waals surface area contributed by atoms with Gasteiger partial charge in [0.05, 0.1) is 6.26 Å². The van der Waals surface area contributed by atoms with Gasteiger partial charge in [-0.05, 0) is 48.5 Å². The van der Waals surface area contributed by atoms with Gasteiger partial charge >= 0.3 is 0 Å². The first-order valence-electron chi connectivity index (χ1n) is 7.50. The summed E-state index contributed by atoms with van der Waals surface area (Å²) in [6.45, 7) is 0.882. The summed E-state index contributed by atoms with van der Waals surface area (Å²) >= 11 is 0. The van der Waals surface area contributed by atoms with E-state index in [0.717, 1.165) is 0 Å². The molecule has 1 aromatic heterocycles. The molecule has 0 atom stereocenters. The number of furan rings is 1. The minimum absolute atomic E-state index is 0.238. The molecule has 5 heteroatoms. The summed E-state index contributed by atoms with van der Waals surface area (Å²) in [5.41, 5.74) is 1.42. The molecule has 2 aromatic carbocycles. The molecular weight excluding hydrogens is 311 g/mol. The normalized spacial score (nSPS) is 12.9. The Balaban J connectivity index is 1.86. The van der Waals surface area contributed by atoms with Gasteiger partial charge in [0.15, 0.2) is 17.3 Å². The average Bonchev–Trinajstić information content (AvgIpc) is 3.15. The third-order valence-electron chi connectivity index (χ3n) is 3.82. The molecule has 0 amide bonds. The second kappa shape index (κ2) is 5.85. The van der Waals surface area contributed by atoms with E-state index in [1.807, 2.05) is 0 Å². The maximum atomic E-state index is 13.1. The summed E-state index contributed by atoms with van der Waals surface area (Å²) in [5.74, 6) is 1.01. The summed E-state index contributed by atoms with van der Waals surface area (Å²) in [6, 6.07) is 12.4. The molecule has 0 saturated carbocycles. The van der Waals surface area contributed by atoms with Gasteiger partial charge in [0, 0.05) is 16.7 Å². The zero-order valence-electron chi connectivity index (χ0n) is 12.6. The molecule has 1 aliphatic heterocycles. The zero-order valence-corrected chi connectivity index (χ0v) is 12.6. The summed E-state index contributed by atoms with van der Waals surface area (Å²) in [5, 5.41) is 0. The van der Waals surface area contributed by atoms with Crippen LogP contribution in [0.2, 0.25) is 0 Å². The molecule has 0 fully saturated rings. The molecule has 120 valence electrons. The van der Waals surface area contributed by atoms with Crippen molar-refractivity contribution >= 4 is 5.78 Å². The Kier molecular flexibility index (Phi) is 3.54. The number of halogens is 1. The third kappa shape index (κ3) is 2.54. The Labute approximate surface area is 137 Å². The van der Waals surface area contributed by atoms with Crippen molar-refractivity contribution in [2.75, 3.05) is 13.2 Å². The molecule has 0 bridgehead atoms. The minimum atomic E-state index is -0.389. The van der Waals surface area contributed by atoms with E-state index >= 15 is 0 Å². The Bertz CT molecular complexity index is 882. The molecular formula is C19H13FO4. The topological polar surface area (TPSA) is 48.7 Å². The molecule has 0 spiro atoms. The molecule has 1 aliphatic rings. The number of hydrogen-bond acceptors (Lipinski definition) is 4. The number of carbonyl (C=O) groups is 1. The largest absolute Gasteiger partial charge is 0.486 e. The maximum absolute atomic E-state index is 13.1. The van der Waals surface area contributed by atoms with Crippen LogP contribution in [-0.2, 0) is 0 Å². The van der Waals surface area contributed by atoms with Crippen molar-refractivity contribution in [1.29, 1.82) is 0 Å². The van der Waals surface area contributed by atoms with Gasteiger partial charge in [-0.15, -0.1) is 0 Å². The molecule has 0 unspecified atom stereocenters. The van der Waals surface area contributed by atoms with E-state index in [9.17, 15) is 9.18 Å². The van der Waals surface area contributed by atoms with Crippen LogP contribution >= 0.6 is 0 Å². The fraction of sp³-hybridized carbons (Fsp3) is 0.105. The lowest BCUT2D eigenvalue weighted by molar-refractivity contribution is 0.103. The minimum Gasteiger partial charge on any atom is -0.486 e. The Morgan fingerprint density at radius 2 is 1.67 bits per heavy atom. The first-order chi connectivity index (χ1) is 11.7. The van der Waals surface area contributed by atoms with Gasteiger partial charge in [0.25, 0.3) is 0 Å². The quantitative estimate of drug-likeness (QED) is 0.681. The summed E-state index contributed by atoms with van der Waals surface area (Å²) in [7, 11) is 0. The molecule has 0 N–H and O–H groups in total. The zero-order chi connectivity index (χ0) is 16.5. The molecule has 0 radical (unpaired) electrons. The van der Waals surface area contributed by atoms with Gasteiger partial charge in [-0.2, -0.15) is 0 Å². The predicted octanol–water partition coefficient (Wildman–Crippen LogP) is 4.09. The number of benzene rings is 2. The van der Waals surface area contributed by atoms with Gasteiger partial charge in [-0.25, -0.2) is 4.39 Å². The second-order valence-corrected chi connectivity index (χ2v) is 5.35. The van der Waals surface area contributed by atoms with E-state index in [0.29, 0.717) is 47.2 Å². The standard InChI is InChI=1S/C19H13FO4/c20-13-5-3-12(4-6-13)19(21)15-11-18-17(23-8-9-24-18)10-14(15)16-2-1-7-22-16/h1-7,10-11H,8-9H2. The van der Waals surface area contributed by atoms with Crippen LogP contribution < -0.4 is 9.47 Å². The van der Waals surface area contributed by atoms with Crippen molar-refractivity contribution in [3.8, 4) is 22.8 Å². The van der Waals surface area contributed by atoms with Gasteiger partial charge in [0.1, 0.15) is 24.8 Å². The highest BCUT2D eigenvalue weighted by molar-refractivity contribution is 6.13. The smallest absolute Gasteiger partial charge is 0.193 e. The van der Waals surface area contributed by atoms with E-state index in [4.69, 9.17) is 13.9 Å². The number of rotatable bonds is 3. The van der Waals surface area contributed by atoms with Crippen molar-refractivity contribution in [2.45, 2.75) is 0 Å². The number of ketones is 1. The maximum Gasteiger partial charge on any atom is 0.193 e. The van der Waals surface area contributed by atoms with E-state index in [1.165, 1.54) is 30.5 Å². The van der Waals surface area contributed by atoms with Gasteiger partial charge < -0.3 is 13.9 Å². The van der Waals surface area contributed by atoms with E-state index in [-0.39, 0.29) is 11.6 Å². The molecule has 4 nitrogen and oxygen atoms in total. The van der Waals surface area contributed by atoms with Crippen LogP contribution in [0, 0.1) is 5.82 Å². The number of carbonyl (C=O) groups excluding carboxylic acids is 1. The highest BCUT2D eigenvalue weighted by Crippen LogP contribution is 2.38. The average molecular weight is 324 g/mol. The molecule has 2 heterocycles. The molecule has 4 rings (SSSR count). The van der Waals surface area contributed by atoms with Crippen LogP contribution in [0.3, 0.4) is 0 Å². The van der Waals surface area contributed by atoms with Gasteiger partial charge in [-0.1, -0.05) is 0 Å². The van der Waals surface area contributed by atoms with Crippen molar-refractivity contribution in [2.24, 2.45) is 0 Å². The third-order valence-corrected chi connectivity index (χ3v) is 3.82. The van der Waals surface area contributed by atoms with Crippen molar-refractivity contribution in [3.63, 3.8) is 0 Å². The highest BCUT2D eigenvalue weighted by Gasteiger charge is 2.22. The Morgan fingerprint density at radius 1 is 0.958 bits per heavy atom. The number of ether oxygens (including phenoxy) is 2. The van der Waals surface area contributed by atoms with E-state index in [2.05, 4.69) is 0 Å².